The van der Waals surface area contributed by atoms with E-state index >= 15 is 0 Å². The van der Waals surface area contributed by atoms with Gasteiger partial charge >= 0.3 is 0 Å². The van der Waals surface area contributed by atoms with E-state index in [4.69, 9.17) is 11.6 Å². The zero-order valence-electron chi connectivity index (χ0n) is 9.50. The quantitative estimate of drug-likeness (QED) is 0.498. The number of halogens is 1. The van der Waals surface area contributed by atoms with Gasteiger partial charge in [0.15, 0.2) is 5.78 Å². The van der Waals surface area contributed by atoms with Crippen LogP contribution in [0.3, 0.4) is 0 Å². The van der Waals surface area contributed by atoms with Crippen LogP contribution in [0.2, 0.25) is 5.02 Å². The van der Waals surface area contributed by atoms with Gasteiger partial charge in [-0.05, 0) is 31.0 Å². The van der Waals surface area contributed by atoms with Crippen LogP contribution in [0.1, 0.15) is 29.3 Å². The Bertz CT molecular complexity index is 478. The van der Waals surface area contributed by atoms with Crippen molar-refractivity contribution in [1.29, 1.82) is 0 Å². The van der Waals surface area contributed by atoms with Gasteiger partial charge in [-0.3, -0.25) is 9.59 Å². The Morgan fingerprint density at radius 2 is 2.12 bits per heavy atom. The van der Waals surface area contributed by atoms with Crippen LogP contribution in [-0.4, -0.2) is 16.7 Å². The molecule has 0 heterocycles. The van der Waals surface area contributed by atoms with Crippen molar-refractivity contribution in [1.82, 2.24) is 0 Å². The molecule has 0 aromatic heterocycles. The summed E-state index contributed by atoms with van der Waals surface area (Å²) in [4.78, 5) is 22.6. The summed E-state index contributed by atoms with van der Waals surface area (Å²) in [6.07, 6.45) is 1.78. The Kier molecular flexibility index (Phi) is 4.46. The van der Waals surface area contributed by atoms with Crippen LogP contribution in [0.4, 0.5) is 0 Å². The minimum atomic E-state index is -0.428. The van der Waals surface area contributed by atoms with Crippen molar-refractivity contribution < 1.29 is 14.7 Å². The van der Waals surface area contributed by atoms with Crippen LogP contribution in [0, 0.1) is 0 Å². The summed E-state index contributed by atoms with van der Waals surface area (Å²) in [7, 11) is 0. The molecule has 1 N–H and O–H groups in total. The van der Waals surface area contributed by atoms with E-state index in [0.717, 1.165) is 0 Å². The maximum absolute atomic E-state index is 11.7. The highest BCUT2D eigenvalue weighted by atomic mass is 35.5. The zero-order valence-corrected chi connectivity index (χ0v) is 10.3. The number of phenolic OH excluding ortho intramolecular Hbond substituents is 1. The lowest BCUT2D eigenvalue weighted by atomic mass is 10.0. The van der Waals surface area contributed by atoms with Crippen LogP contribution in [0.5, 0.6) is 5.75 Å². The standard InChI is InChI=1S/C13H13ClO3/c1-3-4-9-6-10(14)7-11(13(9)17)12(16)5-8(2)15/h3,6-7,17H,1,4-5H2,2H3. The molecular formula is C13H13ClO3. The first kappa shape index (κ1) is 13.5. The first-order chi connectivity index (χ1) is 7.95. The summed E-state index contributed by atoms with van der Waals surface area (Å²) in [5, 5.41) is 10.2. The molecule has 3 nitrogen and oxygen atoms in total. The van der Waals surface area contributed by atoms with E-state index in [2.05, 4.69) is 6.58 Å². The minimum absolute atomic E-state index is 0.0875. The van der Waals surface area contributed by atoms with Gasteiger partial charge in [0.2, 0.25) is 0 Å². The summed E-state index contributed by atoms with van der Waals surface area (Å²) in [5.74, 6) is -0.803. The summed E-state index contributed by atoms with van der Waals surface area (Å²) >= 11 is 5.86. The predicted molar refractivity (Wildman–Crippen MR) is 66.6 cm³/mol. The summed E-state index contributed by atoms with van der Waals surface area (Å²) in [6.45, 7) is 4.88. The molecule has 0 fully saturated rings. The Morgan fingerprint density at radius 3 is 2.65 bits per heavy atom. The number of carbonyl (C=O) groups is 2. The topological polar surface area (TPSA) is 54.4 Å². The van der Waals surface area contributed by atoms with E-state index in [1.165, 1.54) is 13.0 Å². The van der Waals surface area contributed by atoms with Gasteiger partial charge in [-0.25, -0.2) is 0 Å². The van der Waals surface area contributed by atoms with Crippen LogP contribution in [0.15, 0.2) is 24.8 Å². The van der Waals surface area contributed by atoms with Crippen molar-refractivity contribution >= 4 is 23.2 Å². The summed E-state index contributed by atoms with van der Waals surface area (Å²) in [6, 6.07) is 2.94. The average Bonchev–Trinajstić information content (AvgIpc) is 2.22. The molecule has 0 aliphatic carbocycles. The molecule has 4 heteroatoms. The average molecular weight is 253 g/mol. The first-order valence-corrected chi connectivity index (χ1v) is 5.48. The molecule has 17 heavy (non-hydrogen) atoms. The third-order valence-electron chi connectivity index (χ3n) is 2.23. The number of ketones is 2. The molecule has 0 saturated heterocycles. The molecule has 0 aliphatic heterocycles. The number of rotatable bonds is 5. The smallest absolute Gasteiger partial charge is 0.173 e. The van der Waals surface area contributed by atoms with Crippen molar-refractivity contribution in [2.75, 3.05) is 0 Å². The SMILES string of the molecule is C=CCc1cc(Cl)cc(C(=O)CC(C)=O)c1O. The third kappa shape index (κ3) is 3.43. The van der Waals surface area contributed by atoms with Gasteiger partial charge in [0.05, 0.1) is 12.0 Å². The fourth-order valence-electron chi connectivity index (χ4n) is 1.50. The van der Waals surface area contributed by atoms with Crippen molar-refractivity contribution in [2.24, 2.45) is 0 Å². The largest absolute Gasteiger partial charge is 0.507 e. The second-order valence-corrected chi connectivity index (χ2v) is 4.19. The molecule has 0 unspecified atom stereocenters. The summed E-state index contributed by atoms with van der Waals surface area (Å²) < 4.78 is 0. The van der Waals surface area contributed by atoms with E-state index in [1.807, 2.05) is 0 Å². The van der Waals surface area contributed by atoms with E-state index in [-0.39, 0.29) is 23.5 Å². The van der Waals surface area contributed by atoms with Crippen molar-refractivity contribution in [3.05, 3.63) is 40.9 Å². The summed E-state index contributed by atoms with van der Waals surface area (Å²) in [5.41, 5.74) is 0.615. The highest BCUT2D eigenvalue weighted by Crippen LogP contribution is 2.28. The molecule has 90 valence electrons. The number of allylic oxidation sites excluding steroid dienone is 1. The molecule has 0 saturated carbocycles. The van der Waals surface area contributed by atoms with Gasteiger partial charge < -0.3 is 5.11 Å². The lowest BCUT2D eigenvalue weighted by Crippen LogP contribution is -2.06. The third-order valence-corrected chi connectivity index (χ3v) is 2.45. The maximum Gasteiger partial charge on any atom is 0.173 e. The number of hydrogen-bond acceptors (Lipinski definition) is 3. The minimum Gasteiger partial charge on any atom is -0.507 e. The lowest BCUT2D eigenvalue weighted by Gasteiger charge is -2.08. The molecule has 1 aromatic rings. The molecule has 0 bridgehead atoms. The second-order valence-electron chi connectivity index (χ2n) is 3.76. The van der Waals surface area contributed by atoms with E-state index in [9.17, 15) is 14.7 Å². The highest BCUT2D eigenvalue weighted by molar-refractivity contribution is 6.31. The first-order valence-electron chi connectivity index (χ1n) is 5.10. The van der Waals surface area contributed by atoms with E-state index < -0.39 is 5.78 Å². The molecule has 0 aliphatic rings. The maximum atomic E-state index is 11.7. The Labute approximate surface area is 105 Å². The molecule has 0 atom stereocenters. The van der Waals surface area contributed by atoms with Gasteiger partial charge in [-0.1, -0.05) is 17.7 Å². The molecule has 1 aromatic carbocycles. The fourth-order valence-corrected chi connectivity index (χ4v) is 1.74. The Morgan fingerprint density at radius 1 is 1.47 bits per heavy atom. The number of phenols is 1. The highest BCUT2D eigenvalue weighted by Gasteiger charge is 2.16. The van der Waals surface area contributed by atoms with Gasteiger partial charge in [0, 0.05) is 5.02 Å². The van der Waals surface area contributed by atoms with Crippen LogP contribution in [-0.2, 0) is 11.2 Å². The normalized spacial score (nSPS) is 10.0. The van der Waals surface area contributed by atoms with Gasteiger partial charge in [-0.15, -0.1) is 6.58 Å². The number of hydrogen-bond donors (Lipinski definition) is 1. The molecular weight excluding hydrogens is 240 g/mol. The van der Waals surface area contributed by atoms with E-state index in [1.54, 1.807) is 12.1 Å². The second kappa shape index (κ2) is 5.64. The molecule has 0 amide bonds. The van der Waals surface area contributed by atoms with Crippen molar-refractivity contribution in [3.8, 4) is 5.75 Å². The number of aromatic hydroxyl groups is 1. The van der Waals surface area contributed by atoms with Crippen LogP contribution >= 0.6 is 11.6 Å². The molecule has 0 radical (unpaired) electrons. The van der Waals surface area contributed by atoms with Crippen molar-refractivity contribution in [2.45, 2.75) is 19.8 Å². The predicted octanol–water partition coefficient (Wildman–Crippen LogP) is 2.94. The Hall–Kier alpha value is -1.61. The number of Topliss-reactive ketones (excluding diaryl/α,β-unsaturated/α-hetero) is 2. The Balaban J connectivity index is 3.19. The van der Waals surface area contributed by atoms with E-state index in [0.29, 0.717) is 17.0 Å². The van der Waals surface area contributed by atoms with Gasteiger partial charge in [0.25, 0.3) is 0 Å². The fraction of sp³-hybridized carbons (Fsp3) is 0.231. The number of carbonyl (C=O) groups excluding carboxylic acids is 2. The number of benzene rings is 1. The van der Waals surface area contributed by atoms with Crippen LogP contribution < -0.4 is 0 Å². The van der Waals surface area contributed by atoms with Crippen molar-refractivity contribution in [3.63, 3.8) is 0 Å². The molecule has 0 spiro atoms. The van der Waals surface area contributed by atoms with Gasteiger partial charge in [-0.2, -0.15) is 0 Å². The lowest BCUT2D eigenvalue weighted by molar-refractivity contribution is -0.116. The zero-order chi connectivity index (χ0) is 13.0. The monoisotopic (exact) mass is 252 g/mol. The van der Waals surface area contributed by atoms with Crippen LogP contribution in [0.25, 0.3) is 0 Å². The molecule has 1 rings (SSSR count). The van der Waals surface area contributed by atoms with Gasteiger partial charge in [0.1, 0.15) is 11.5 Å².